The van der Waals surface area contributed by atoms with Gasteiger partial charge in [0.1, 0.15) is 0 Å². The molecule has 2 N–H and O–H groups in total. The van der Waals surface area contributed by atoms with Crippen LogP contribution < -0.4 is 5.32 Å². The van der Waals surface area contributed by atoms with Gasteiger partial charge in [-0.25, -0.2) is 0 Å². The molecule has 1 heterocycles. The summed E-state index contributed by atoms with van der Waals surface area (Å²) in [6.07, 6.45) is 2.81. The van der Waals surface area contributed by atoms with Crippen LogP contribution >= 0.6 is 0 Å². The van der Waals surface area contributed by atoms with Gasteiger partial charge in [0.05, 0.1) is 12.1 Å². The van der Waals surface area contributed by atoms with Gasteiger partial charge in [-0.2, -0.15) is 0 Å². The minimum absolute atomic E-state index is 0.171. The van der Waals surface area contributed by atoms with E-state index in [1.54, 1.807) is 0 Å². The highest BCUT2D eigenvalue weighted by molar-refractivity contribution is 4.91. The van der Waals surface area contributed by atoms with Crippen LogP contribution in [0.25, 0.3) is 0 Å². The molecule has 2 aliphatic rings. The standard InChI is InChI=1S/C14H29N3O/c1-12(2)15-14(3,11-18)10-16-6-8-17(9-7-16)13-4-5-13/h12-13,15,18H,4-11H2,1-3H3. The van der Waals surface area contributed by atoms with Crippen molar-refractivity contribution in [2.75, 3.05) is 39.3 Å². The van der Waals surface area contributed by atoms with Crippen LogP contribution in [0.15, 0.2) is 0 Å². The molecule has 1 aliphatic carbocycles. The average Bonchev–Trinajstić information content (AvgIpc) is 3.13. The minimum atomic E-state index is -0.171. The summed E-state index contributed by atoms with van der Waals surface area (Å²) in [5.74, 6) is 0. The van der Waals surface area contributed by atoms with E-state index in [0.29, 0.717) is 6.04 Å². The van der Waals surface area contributed by atoms with Crippen molar-refractivity contribution < 1.29 is 5.11 Å². The molecular weight excluding hydrogens is 226 g/mol. The Morgan fingerprint density at radius 3 is 2.28 bits per heavy atom. The molecule has 4 heteroatoms. The van der Waals surface area contributed by atoms with E-state index in [1.165, 1.54) is 25.9 Å². The lowest BCUT2D eigenvalue weighted by atomic mass is 10.0. The first-order chi connectivity index (χ1) is 8.52. The summed E-state index contributed by atoms with van der Waals surface area (Å²) in [4.78, 5) is 5.12. The Balaban J connectivity index is 1.77. The number of nitrogens with one attached hydrogen (secondary N) is 1. The van der Waals surface area contributed by atoms with Crippen LogP contribution in [0.2, 0.25) is 0 Å². The topological polar surface area (TPSA) is 38.7 Å². The predicted octanol–water partition coefficient (Wildman–Crippen LogP) is 0.515. The lowest BCUT2D eigenvalue weighted by Crippen LogP contribution is -2.59. The summed E-state index contributed by atoms with van der Waals surface area (Å²) >= 11 is 0. The van der Waals surface area contributed by atoms with Crippen LogP contribution in [0.3, 0.4) is 0 Å². The fraction of sp³-hybridized carbons (Fsp3) is 1.00. The third kappa shape index (κ3) is 3.92. The van der Waals surface area contributed by atoms with Crippen LogP contribution in [0, 0.1) is 0 Å². The van der Waals surface area contributed by atoms with Crippen molar-refractivity contribution in [1.29, 1.82) is 0 Å². The van der Waals surface area contributed by atoms with Gasteiger partial charge in [-0.1, -0.05) is 13.8 Å². The van der Waals surface area contributed by atoms with Crippen LogP contribution in [-0.4, -0.2) is 71.9 Å². The average molecular weight is 255 g/mol. The Kier molecular flexibility index (Phi) is 4.64. The van der Waals surface area contributed by atoms with Crippen LogP contribution in [0.1, 0.15) is 33.6 Å². The smallest absolute Gasteiger partial charge is 0.0623 e. The van der Waals surface area contributed by atoms with E-state index in [9.17, 15) is 5.11 Å². The fourth-order valence-electron chi connectivity index (χ4n) is 3.06. The van der Waals surface area contributed by atoms with Gasteiger partial charge in [0.2, 0.25) is 0 Å². The Morgan fingerprint density at radius 2 is 1.83 bits per heavy atom. The molecule has 0 aromatic rings. The van der Waals surface area contributed by atoms with Crippen molar-refractivity contribution in [1.82, 2.24) is 15.1 Å². The first-order valence-corrected chi connectivity index (χ1v) is 7.37. The maximum absolute atomic E-state index is 9.62. The highest BCUT2D eigenvalue weighted by Gasteiger charge is 2.33. The Morgan fingerprint density at radius 1 is 1.22 bits per heavy atom. The summed E-state index contributed by atoms with van der Waals surface area (Å²) in [6.45, 7) is 12.2. The molecule has 1 saturated carbocycles. The minimum Gasteiger partial charge on any atom is -0.394 e. The largest absolute Gasteiger partial charge is 0.394 e. The lowest BCUT2D eigenvalue weighted by Gasteiger charge is -2.41. The summed E-state index contributed by atoms with van der Waals surface area (Å²) in [5.41, 5.74) is -0.171. The molecule has 4 nitrogen and oxygen atoms in total. The first-order valence-electron chi connectivity index (χ1n) is 7.37. The molecule has 18 heavy (non-hydrogen) atoms. The van der Waals surface area contributed by atoms with Crippen molar-refractivity contribution >= 4 is 0 Å². The van der Waals surface area contributed by atoms with Crippen molar-refractivity contribution in [2.45, 2.75) is 51.2 Å². The molecule has 106 valence electrons. The van der Waals surface area contributed by atoms with Gasteiger partial charge in [-0.3, -0.25) is 9.80 Å². The van der Waals surface area contributed by atoms with E-state index in [4.69, 9.17) is 0 Å². The van der Waals surface area contributed by atoms with Gasteiger partial charge < -0.3 is 10.4 Å². The van der Waals surface area contributed by atoms with E-state index in [0.717, 1.165) is 25.7 Å². The second-order valence-electron chi connectivity index (χ2n) is 6.56. The highest BCUT2D eigenvalue weighted by Crippen LogP contribution is 2.27. The highest BCUT2D eigenvalue weighted by atomic mass is 16.3. The molecule has 0 bridgehead atoms. The van der Waals surface area contributed by atoms with E-state index >= 15 is 0 Å². The molecule has 0 spiro atoms. The summed E-state index contributed by atoms with van der Waals surface area (Å²) < 4.78 is 0. The van der Waals surface area contributed by atoms with E-state index in [2.05, 4.69) is 35.9 Å². The quantitative estimate of drug-likeness (QED) is 0.726. The fourth-order valence-corrected chi connectivity index (χ4v) is 3.06. The van der Waals surface area contributed by atoms with Crippen LogP contribution in [0.5, 0.6) is 0 Å². The Labute approximate surface area is 111 Å². The number of hydrogen-bond donors (Lipinski definition) is 2. The molecule has 1 aliphatic heterocycles. The first kappa shape index (κ1) is 14.3. The molecule has 0 amide bonds. The van der Waals surface area contributed by atoms with Crippen molar-refractivity contribution in [3.63, 3.8) is 0 Å². The van der Waals surface area contributed by atoms with Gasteiger partial charge in [-0.05, 0) is 19.8 Å². The maximum Gasteiger partial charge on any atom is 0.0623 e. The zero-order valence-corrected chi connectivity index (χ0v) is 12.2. The van der Waals surface area contributed by atoms with E-state index in [-0.39, 0.29) is 12.1 Å². The van der Waals surface area contributed by atoms with Crippen LogP contribution in [0.4, 0.5) is 0 Å². The number of nitrogens with zero attached hydrogens (tertiary/aromatic N) is 2. The summed E-state index contributed by atoms with van der Waals surface area (Å²) in [7, 11) is 0. The normalized spacial score (nSPS) is 26.5. The molecule has 1 saturated heterocycles. The number of aliphatic hydroxyl groups is 1. The van der Waals surface area contributed by atoms with E-state index < -0.39 is 0 Å². The predicted molar refractivity (Wildman–Crippen MR) is 74.8 cm³/mol. The van der Waals surface area contributed by atoms with Crippen molar-refractivity contribution in [2.24, 2.45) is 0 Å². The van der Waals surface area contributed by atoms with Gasteiger partial charge >= 0.3 is 0 Å². The van der Waals surface area contributed by atoms with Crippen molar-refractivity contribution in [3.8, 4) is 0 Å². The molecule has 2 rings (SSSR count). The van der Waals surface area contributed by atoms with Crippen LogP contribution in [-0.2, 0) is 0 Å². The van der Waals surface area contributed by atoms with E-state index in [1.807, 2.05) is 0 Å². The molecule has 1 unspecified atom stereocenters. The third-order valence-corrected chi connectivity index (χ3v) is 4.03. The second-order valence-corrected chi connectivity index (χ2v) is 6.56. The molecule has 2 fully saturated rings. The molecule has 1 atom stereocenters. The second kappa shape index (κ2) is 5.87. The van der Waals surface area contributed by atoms with Gasteiger partial charge in [-0.15, -0.1) is 0 Å². The zero-order chi connectivity index (χ0) is 13.2. The molecule has 0 radical (unpaired) electrons. The zero-order valence-electron chi connectivity index (χ0n) is 12.2. The summed E-state index contributed by atoms with van der Waals surface area (Å²) in [5, 5.41) is 13.1. The maximum atomic E-state index is 9.62. The number of rotatable bonds is 6. The number of piperazine rings is 1. The van der Waals surface area contributed by atoms with Crippen molar-refractivity contribution in [3.05, 3.63) is 0 Å². The number of aliphatic hydroxyl groups excluding tert-OH is 1. The van der Waals surface area contributed by atoms with Gasteiger partial charge in [0.15, 0.2) is 0 Å². The summed E-state index contributed by atoms with van der Waals surface area (Å²) in [6, 6.07) is 1.31. The molecule has 0 aromatic carbocycles. The molecule has 0 aromatic heterocycles. The Hall–Kier alpha value is -0.160. The third-order valence-electron chi connectivity index (χ3n) is 4.03. The van der Waals surface area contributed by atoms with Gasteiger partial charge in [0.25, 0.3) is 0 Å². The monoisotopic (exact) mass is 255 g/mol. The number of hydrogen-bond acceptors (Lipinski definition) is 4. The Bertz CT molecular complexity index is 260. The SMILES string of the molecule is CC(C)NC(C)(CO)CN1CCN(C2CC2)CC1. The van der Waals surface area contributed by atoms with Gasteiger partial charge in [0, 0.05) is 44.8 Å². The molecular formula is C14H29N3O. The lowest BCUT2D eigenvalue weighted by molar-refractivity contribution is 0.0722.